The van der Waals surface area contributed by atoms with Gasteiger partial charge in [0.2, 0.25) is 5.91 Å². The van der Waals surface area contributed by atoms with Gasteiger partial charge in [-0.15, -0.1) is 0 Å². The molecule has 0 aliphatic heterocycles. The second-order valence-corrected chi connectivity index (χ2v) is 7.24. The van der Waals surface area contributed by atoms with Crippen LogP contribution in [-0.4, -0.2) is 41.3 Å². The summed E-state index contributed by atoms with van der Waals surface area (Å²) < 4.78 is 7.33. The van der Waals surface area contributed by atoms with E-state index in [1.54, 1.807) is 23.1 Å². The number of aryl methyl sites for hydroxylation is 1. The number of aromatic nitrogens is 2. The molecule has 0 unspecified atom stereocenters. The topological polar surface area (TPSA) is 92.6 Å². The molecular weight excluding hydrogens is 404 g/mol. The minimum absolute atomic E-state index is 0.127. The Morgan fingerprint density at radius 1 is 1.12 bits per heavy atom. The minimum Gasteiger partial charge on any atom is -0.492 e. The zero-order valence-corrected chi connectivity index (χ0v) is 18.5. The van der Waals surface area contributed by atoms with E-state index in [0.29, 0.717) is 25.7 Å². The first-order chi connectivity index (χ1) is 15.6. The van der Waals surface area contributed by atoms with Gasteiger partial charge in [0.1, 0.15) is 18.9 Å². The van der Waals surface area contributed by atoms with Crippen molar-refractivity contribution in [1.29, 1.82) is 0 Å². The first kappa shape index (κ1) is 22.9. The molecule has 3 aromatic rings. The van der Waals surface area contributed by atoms with E-state index in [4.69, 9.17) is 4.74 Å². The van der Waals surface area contributed by atoms with Crippen molar-refractivity contribution in [2.24, 2.45) is 4.99 Å². The van der Waals surface area contributed by atoms with Crippen LogP contribution < -0.4 is 20.7 Å². The summed E-state index contributed by atoms with van der Waals surface area (Å²) in [5, 5.41) is 13.5. The van der Waals surface area contributed by atoms with Crippen LogP contribution in [0.4, 0.5) is 5.69 Å². The molecule has 8 nitrogen and oxygen atoms in total. The smallest absolute Gasteiger partial charge is 0.246 e. The largest absolute Gasteiger partial charge is 0.492 e. The van der Waals surface area contributed by atoms with Gasteiger partial charge < -0.3 is 20.7 Å². The van der Waals surface area contributed by atoms with Crippen LogP contribution in [0.2, 0.25) is 0 Å². The van der Waals surface area contributed by atoms with Crippen LogP contribution in [0.3, 0.4) is 0 Å². The van der Waals surface area contributed by atoms with Crippen molar-refractivity contribution in [3.63, 3.8) is 0 Å². The lowest BCUT2D eigenvalue weighted by Crippen LogP contribution is -2.39. The zero-order chi connectivity index (χ0) is 22.6. The highest BCUT2D eigenvalue weighted by Gasteiger charge is 2.05. The maximum absolute atomic E-state index is 12.2. The Morgan fingerprint density at radius 3 is 2.72 bits per heavy atom. The first-order valence-corrected chi connectivity index (χ1v) is 10.7. The van der Waals surface area contributed by atoms with E-state index in [1.165, 1.54) is 5.56 Å². The van der Waals surface area contributed by atoms with Crippen LogP contribution in [0.5, 0.6) is 5.75 Å². The van der Waals surface area contributed by atoms with Crippen molar-refractivity contribution in [2.75, 3.05) is 25.0 Å². The van der Waals surface area contributed by atoms with Crippen LogP contribution in [0, 0.1) is 6.92 Å². The zero-order valence-electron chi connectivity index (χ0n) is 18.5. The average Bonchev–Trinajstić information content (AvgIpc) is 3.29. The number of guanidine groups is 1. The van der Waals surface area contributed by atoms with Crippen molar-refractivity contribution in [2.45, 2.75) is 26.9 Å². The molecule has 2 aromatic carbocycles. The molecule has 0 fully saturated rings. The number of hydrogen-bond donors (Lipinski definition) is 3. The highest BCUT2D eigenvalue weighted by Crippen LogP contribution is 2.12. The number of carbonyl (C=O) groups excluding carboxylic acids is 1. The van der Waals surface area contributed by atoms with Gasteiger partial charge in [-0.2, -0.15) is 5.10 Å². The maximum atomic E-state index is 12.2. The summed E-state index contributed by atoms with van der Waals surface area (Å²) >= 11 is 0. The third-order valence-electron chi connectivity index (χ3n) is 4.52. The Labute approximate surface area is 188 Å². The Hall–Kier alpha value is -3.81. The number of benzene rings is 2. The second kappa shape index (κ2) is 12.1. The number of aliphatic imine (C=N–C) groups is 1. The van der Waals surface area contributed by atoms with E-state index in [9.17, 15) is 4.79 Å². The molecule has 0 atom stereocenters. The van der Waals surface area contributed by atoms with Crippen molar-refractivity contribution in [3.05, 3.63) is 78.1 Å². The minimum atomic E-state index is -0.127. The fourth-order valence-corrected chi connectivity index (χ4v) is 2.97. The summed E-state index contributed by atoms with van der Waals surface area (Å²) in [6.45, 7) is 6.65. The highest BCUT2D eigenvalue weighted by molar-refractivity contribution is 5.90. The summed E-state index contributed by atoms with van der Waals surface area (Å²) in [4.78, 5) is 16.8. The van der Waals surface area contributed by atoms with Gasteiger partial charge in [0.05, 0.1) is 13.1 Å². The standard InChI is InChI=1S/C24H30N6O2/c1-3-25-24(26-13-15-32-22-10-8-19(2)9-11-22)27-17-20-6-4-7-21(16-20)29-23(31)18-30-14-5-12-28-30/h4-12,14,16H,3,13,15,17-18H2,1-2H3,(H,29,31)(H2,25,26,27). The summed E-state index contributed by atoms with van der Waals surface area (Å²) in [6.07, 6.45) is 3.41. The molecule has 3 N–H and O–H groups in total. The first-order valence-electron chi connectivity index (χ1n) is 10.7. The molecule has 0 bridgehead atoms. The highest BCUT2D eigenvalue weighted by atomic mass is 16.5. The molecule has 0 saturated heterocycles. The van der Waals surface area contributed by atoms with Gasteiger partial charge in [-0.05, 0) is 49.7 Å². The third kappa shape index (κ3) is 7.79. The molecule has 0 radical (unpaired) electrons. The number of amides is 1. The van der Waals surface area contributed by atoms with E-state index in [2.05, 4.69) is 33.0 Å². The van der Waals surface area contributed by atoms with Crippen LogP contribution >= 0.6 is 0 Å². The normalized spacial score (nSPS) is 11.1. The molecule has 0 spiro atoms. The van der Waals surface area contributed by atoms with E-state index < -0.39 is 0 Å². The molecule has 3 rings (SSSR count). The van der Waals surface area contributed by atoms with Crippen molar-refractivity contribution in [1.82, 2.24) is 20.4 Å². The van der Waals surface area contributed by atoms with E-state index in [-0.39, 0.29) is 12.5 Å². The van der Waals surface area contributed by atoms with E-state index >= 15 is 0 Å². The predicted octanol–water partition coefficient (Wildman–Crippen LogP) is 2.96. The molecule has 0 aliphatic carbocycles. The fraction of sp³-hybridized carbons (Fsp3) is 0.292. The Bertz CT molecular complexity index is 1000. The van der Waals surface area contributed by atoms with Crippen molar-refractivity contribution in [3.8, 4) is 5.75 Å². The SMILES string of the molecule is CCNC(=NCc1cccc(NC(=O)Cn2cccn2)c1)NCCOc1ccc(C)cc1. The van der Waals surface area contributed by atoms with Crippen LogP contribution in [-0.2, 0) is 17.9 Å². The number of carbonyl (C=O) groups is 1. The van der Waals surface area contributed by atoms with Crippen molar-refractivity contribution < 1.29 is 9.53 Å². The summed E-state index contributed by atoms with van der Waals surface area (Å²) in [7, 11) is 0. The van der Waals surface area contributed by atoms with Gasteiger partial charge in [0, 0.05) is 24.6 Å². The number of rotatable bonds is 10. The predicted molar refractivity (Wildman–Crippen MR) is 127 cm³/mol. The average molecular weight is 435 g/mol. The van der Waals surface area contributed by atoms with Gasteiger partial charge in [-0.1, -0.05) is 29.8 Å². The number of nitrogens with one attached hydrogen (secondary N) is 3. The molecule has 1 amide bonds. The number of anilines is 1. The number of hydrogen-bond acceptors (Lipinski definition) is 4. The second-order valence-electron chi connectivity index (χ2n) is 7.24. The molecular formula is C24H30N6O2. The maximum Gasteiger partial charge on any atom is 0.246 e. The summed E-state index contributed by atoms with van der Waals surface area (Å²) in [5.41, 5.74) is 2.94. The van der Waals surface area contributed by atoms with Crippen molar-refractivity contribution >= 4 is 17.6 Å². The lowest BCUT2D eigenvalue weighted by molar-refractivity contribution is -0.116. The van der Waals surface area contributed by atoms with E-state index in [1.807, 2.05) is 55.5 Å². The van der Waals surface area contributed by atoms with Crippen LogP contribution in [0.15, 0.2) is 72.0 Å². The molecule has 168 valence electrons. The monoisotopic (exact) mass is 434 g/mol. The lowest BCUT2D eigenvalue weighted by atomic mass is 10.2. The fourth-order valence-electron chi connectivity index (χ4n) is 2.97. The molecule has 8 heteroatoms. The van der Waals surface area contributed by atoms with Gasteiger partial charge in [0.25, 0.3) is 0 Å². The number of ether oxygens (including phenoxy) is 1. The Kier molecular flexibility index (Phi) is 8.68. The quantitative estimate of drug-likeness (QED) is 0.259. The molecule has 1 aromatic heterocycles. The molecule has 1 heterocycles. The lowest BCUT2D eigenvalue weighted by Gasteiger charge is -2.12. The van der Waals surface area contributed by atoms with E-state index in [0.717, 1.165) is 23.5 Å². The summed E-state index contributed by atoms with van der Waals surface area (Å²) in [6, 6.07) is 17.5. The molecule has 32 heavy (non-hydrogen) atoms. The Balaban J connectivity index is 1.48. The van der Waals surface area contributed by atoms with Crippen LogP contribution in [0.25, 0.3) is 0 Å². The number of nitrogens with zero attached hydrogens (tertiary/aromatic N) is 3. The van der Waals surface area contributed by atoms with Crippen LogP contribution in [0.1, 0.15) is 18.1 Å². The molecule has 0 aliphatic rings. The van der Waals surface area contributed by atoms with Gasteiger partial charge >= 0.3 is 0 Å². The van der Waals surface area contributed by atoms with Gasteiger partial charge in [-0.3, -0.25) is 9.48 Å². The third-order valence-corrected chi connectivity index (χ3v) is 4.52. The van der Waals surface area contributed by atoms with Gasteiger partial charge in [0.15, 0.2) is 5.96 Å². The summed E-state index contributed by atoms with van der Waals surface area (Å²) in [5.74, 6) is 1.44. The molecule has 0 saturated carbocycles. The Morgan fingerprint density at radius 2 is 1.97 bits per heavy atom. The van der Waals surface area contributed by atoms with Gasteiger partial charge in [-0.25, -0.2) is 4.99 Å².